The summed E-state index contributed by atoms with van der Waals surface area (Å²) in [6, 6.07) is 14.4. The Bertz CT molecular complexity index is 913. The number of carbonyl (C=O) groups is 1. The van der Waals surface area contributed by atoms with E-state index in [1.165, 1.54) is 0 Å². The lowest BCUT2D eigenvalue weighted by Crippen LogP contribution is -2.93. The van der Waals surface area contributed by atoms with Crippen LogP contribution in [-0.4, -0.2) is 39.0 Å². The van der Waals surface area contributed by atoms with E-state index >= 15 is 0 Å². The number of aryl methyl sites for hydroxylation is 1. The standard InChI is InChI=1S/C20H24N2O4S/c1-14-8-9-18(26-2)17(12-14)22-20(23)19(15-6-4-3-5-7-15)21-16-10-11-27(24,25)13-16/h3-9,12,16,19,21H,10-11,13H2,1-2H3,(H,22,23)/p+1/t16-,19-/m0/s1. The SMILES string of the molecule is COc1ccc(C)cc1NC(=O)[C@@H]([NH2+][C@H]1CCS(=O)(=O)C1)c1ccccc1. The minimum absolute atomic E-state index is 0.109. The van der Waals surface area contributed by atoms with Crippen molar-refractivity contribution < 1.29 is 23.3 Å². The number of nitrogens with one attached hydrogen (secondary N) is 1. The van der Waals surface area contributed by atoms with Crippen molar-refractivity contribution in [1.29, 1.82) is 0 Å². The summed E-state index contributed by atoms with van der Waals surface area (Å²) < 4.78 is 29.0. The van der Waals surface area contributed by atoms with E-state index in [9.17, 15) is 13.2 Å². The molecule has 6 nitrogen and oxygen atoms in total. The molecular weight excluding hydrogens is 364 g/mol. The van der Waals surface area contributed by atoms with Crippen LogP contribution in [0.15, 0.2) is 48.5 Å². The number of benzene rings is 2. The molecule has 0 spiro atoms. The highest BCUT2D eigenvalue weighted by molar-refractivity contribution is 7.91. The Morgan fingerprint density at radius 1 is 1.22 bits per heavy atom. The van der Waals surface area contributed by atoms with Crippen LogP contribution < -0.4 is 15.4 Å². The Balaban J connectivity index is 1.84. The number of amides is 1. The maximum atomic E-state index is 13.1. The molecule has 1 fully saturated rings. The van der Waals surface area contributed by atoms with Gasteiger partial charge < -0.3 is 15.4 Å². The van der Waals surface area contributed by atoms with Crippen LogP contribution in [0, 0.1) is 6.92 Å². The first-order chi connectivity index (χ1) is 12.9. The number of quaternary nitrogens is 1. The molecule has 2 aromatic rings. The zero-order valence-electron chi connectivity index (χ0n) is 15.5. The fourth-order valence-electron chi connectivity index (χ4n) is 3.39. The van der Waals surface area contributed by atoms with Crippen molar-refractivity contribution in [3.8, 4) is 5.75 Å². The van der Waals surface area contributed by atoms with Crippen LogP contribution >= 0.6 is 0 Å². The zero-order chi connectivity index (χ0) is 19.4. The third-order valence-corrected chi connectivity index (χ3v) is 6.58. The van der Waals surface area contributed by atoms with Gasteiger partial charge in [0.15, 0.2) is 15.9 Å². The van der Waals surface area contributed by atoms with Gasteiger partial charge in [-0.2, -0.15) is 0 Å². The van der Waals surface area contributed by atoms with Crippen LogP contribution in [0.2, 0.25) is 0 Å². The predicted octanol–water partition coefficient (Wildman–Crippen LogP) is 1.43. The second-order valence-corrected chi connectivity index (χ2v) is 9.17. The maximum Gasteiger partial charge on any atom is 0.287 e. The number of nitrogens with two attached hydrogens (primary N) is 1. The molecule has 0 unspecified atom stereocenters. The molecule has 0 saturated carbocycles. The first-order valence-corrected chi connectivity index (χ1v) is 10.8. The van der Waals surface area contributed by atoms with E-state index in [0.717, 1.165) is 11.1 Å². The molecule has 27 heavy (non-hydrogen) atoms. The van der Waals surface area contributed by atoms with Crippen LogP contribution in [0.5, 0.6) is 5.75 Å². The summed E-state index contributed by atoms with van der Waals surface area (Å²) in [5.74, 6) is 0.680. The number of ether oxygens (including phenoxy) is 1. The van der Waals surface area contributed by atoms with E-state index in [4.69, 9.17) is 4.74 Å². The van der Waals surface area contributed by atoms with E-state index in [0.29, 0.717) is 17.9 Å². The summed E-state index contributed by atoms with van der Waals surface area (Å²) in [5.41, 5.74) is 2.45. The number of sulfone groups is 1. The summed E-state index contributed by atoms with van der Waals surface area (Å²) >= 11 is 0. The van der Waals surface area contributed by atoms with Crippen molar-refractivity contribution >= 4 is 21.4 Å². The molecule has 7 heteroatoms. The zero-order valence-corrected chi connectivity index (χ0v) is 16.3. The number of methoxy groups -OCH3 is 1. The molecule has 1 amide bonds. The van der Waals surface area contributed by atoms with Gasteiger partial charge >= 0.3 is 0 Å². The van der Waals surface area contributed by atoms with Crippen molar-refractivity contribution in [1.82, 2.24) is 0 Å². The first-order valence-electron chi connectivity index (χ1n) is 8.94. The Labute approximate surface area is 159 Å². The van der Waals surface area contributed by atoms with Crippen molar-refractivity contribution in [3.63, 3.8) is 0 Å². The maximum absolute atomic E-state index is 13.1. The third-order valence-electron chi connectivity index (χ3n) is 4.79. The van der Waals surface area contributed by atoms with Crippen molar-refractivity contribution in [3.05, 3.63) is 59.7 Å². The molecule has 0 aliphatic carbocycles. The number of anilines is 1. The average molecular weight is 389 g/mol. The molecule has 1 saturated heterocycles. The average Bonchev–Trinajstić information content (AvgIpc) is 2.99. The van der Waals surface area contributed by atoms with Crippen molar-refractivity contribution in [2.45, 2.75) is 25.4 Å². The minimum Gasteiger partial charge on any atom is -0.495 e. The van der Waals surface area contributed by atoms with Crippen molar-refractivity contribution in [2.75, 3.05) is 23.9 Å². The topological polar surface area (TPSA) is 89.1 Å². The Morgan fingerprint density at radius 2 is 1.96 bits per heavy atom. The lowest BCUT2D eigenvalue weighted by Gasteiger charge is -2.20. The number of carbonyl (C=O) groups excluding carboxylic acids is 1. The predicted molar refractivity (Wildman–Crippen MR) is 105 cm³/mol. The van der Waals surface area contributed by atoms with Gasteiger partial charge in [0, 0.05) is 12.0 Å². The van der Waals surface area contributed by atoms with E-state index in [-0.39, 0.29) is 23.5 Å². The fourth-order valence-corrected chi connectivity index (χ4v) is 5.15. The number of hydrogen-bond donors (Lipinski definition) is 2. The highest BCUT2D eigenvalue weighted by Gasteiger charge is 2.35. The van der Waals surface area contributed by atoms with E-state index < -0.39 is 15.9 Å². The van der Waals surface area contributed by atoms with Gasteiger partial charge in [0.05, 0.1) is 18.6 Å². The fraction of sp³-hybridized carbons (Fsp3) is 0.350. The second-order valence-electron chi connectivity index (χ2n) is 6.94. The highest BCUT2D eigenvalue weighted by Crippen LogP contribution is 2.26. The molecule has 0 bridgehead atoms. The highest BCUT2D eigenvalue weighted by atomic mass is 32.2. The number of rotatable bonds is 6. The van der Waals surface area contributed by atoms with E-state index in [2.05, 4.69) is 5.32 Å². The molecule has 1 aliphatic heterocycles. The quantitative estimate of drug-likeness (QED) is 0.782. The summed E-state index contributed by atoms with van der Waals surface area (Å²) in [6.45, 7) is 1.94. The largest absolute Gasteiger partial charge is 0.495 e. The smallest absolute Gasteiger partial charge is 0.287 e. The van der Waals surface area contributed by atoms with Gasteiger partial charge in [0.2, 0.25) is 0 Å². The Morgan fingerprint density at radius 3 is 2.59 bits per heavy atom. The van der Waals surface area contributed by atoms with Crippen LogP contribution in [-0.2, 0) is 14.6 Å². The van der Waals surface area contributed by atoms with E-state index in [1.807, 2.05) is 60.8 Å². The monoisotopic (exact) mass is 389 g/mol. The van der Waals surface area contributed by atoms with Crippen LogP contribution in [0.3, 0.4) is 0 Å². The molecule has 144 valence electrons. The van der Waals surface area contributed by atoms with Gasteiger partial charge in [0.1, 0.15) is 17.5 Å². The van der Waals surface area contributed by atoms with Gasteiger partial charge in [0.25, 0.3) is 5.91 Å². The molecule has 3 rings (SSSR count). The molecule has 1 heterocycles. The van der Waals surface area contributed by atoms with Gasteiger partial charge in [-0.25, -0.2) is 8.42 Å². The molecule has 2 aromatic carbocycles. The third kappa shape index (κ3) is 4.87. The summed E-state index contributed by atoms with van der Waals surface area (Å²) in [6.07, 6.45) is 0.562. The van der Waals surface area contributed by atoms with Crippen molar-refractivity contribution in [2.24, 2.45) is 0 Å². The molecule has 0 radical (unpaired) electrons. The van der Waals surface area contributed by atoms with Gasteiger partial charge in [-0.05, 0) is 24.6 Å². The Hall–Kier alpha value is -2.38. The lowest BCUT2D eigenvalue weighted by atomic mass is 10.0. The van der Waals surface area contributed by atoms with Gasteiger partial charge in [-0.1, -0.05) is 36.4 Å². The molecule has 2 atom stereocenters. The molecule has 3 N–H and O–H groups in total. The number of hydrogen-bond acceptors (Lipinski definition) is 4. The van der Waals surface area contributed by atoms with Gasteiger partial charge in [-0.15, -0.1) is 0 Å². The normalized spacial score (nSPS) is 19.4. The second kappa shape index (κ2) is 8.10. The Kier molecular flexibility index (Phi) is 5.82. The summed E-state index contributed by atoms with van der Waals surface area (Å²) in [5, 5.41) is 4.82. The first kappa shape index (κ1) is 19.4. The molecule has 1 aliphatic rings. The van der Waals surface area contributed by atoms with Crippen LogP contribution in [0.25, 0.3) is 0 Å². The van der Waals surface area contributed by atoms with Crippen LogP contribution in [0.4, 0.5) is 5.69 Å². The lowest BCUT2D eigenvalue weighted by molar-refractivity contribution is -0.710. The summed E-state index contributed by atoms with van der Waals surface area (Å²) in [7, 11) is -1.45. The van der Waals surface area contributed by atoms with Gasteiger partial charge in [-0.3, -0.25) is 4.79 Å². The van der Waals surface area contributed by atoms with E-state index in [1.54, 1.807) is 7.11 Å². The molecule has 0 aromatic heterocycles. The van der Waals surface area contributed by atoms with Crippen LogP contribution in [0.1, 0.15) is 23.6 Å². The minimum atomic E-state index is -3.01. The molecular formula is C20H25N2O4S+. The summed E-state index contributed by atoms with van der Waals surface area (Å²) in [4.78, 5) is 13.1.